The lowest BCUT2D eigenvalue weighted by Gasteiger charge is -2.48. The second-order valence-corrected chi connectivity index (χ2v) is 7.00. The van der Waals surface area contributed by atoms with E-state index in [0.29, 0.717) is 12.5 Å². The Hall–Kier alpha value is -1.10. The summed E-state index contributed by atoms with van der Waals surface area (Å²) >= 11 is 0. The molecular formula is C16H28N2O3. The van der Waals surface area contributed by atoms with E-state index >= 15 is 0 Å². The van der Waals surface area contributed by atoms with E-state index in [1.165, 1.54) is 0 Å². The van der Waals surface area contributed by atoms with Crippen LogP contribution < -0.4 is 5.32 Å². The number of rotatable bonds is 6. The molecule has 1 aliphatic heterocycles. The SMILES string of the molecule is COCCC(C)N1C(=O)C(C)(C2CC2)NC(=O)C1C(C)C. The van der Waals surface area contributed by atoms with E-state index in [9.17, 15) is 9.59 Å². The summed E-state index contributed by atoms with van der Waals surface area (Å²) in [5, 5.41) is 3.02. The molecule has 0 aromatic rings. The van der Waals surface area contributed by atoms with Crippen molar-refractivity contribution in [3.05, 3.63) is 0 Å². The third-order valence-corrected chi connectivity index (χ3v) is 4.87. The average molecular weight is 296 g/mol. The highest BCUT2D eigenvalue weighted by molar-refractivity contribution is 6.00. The molecule has 5 nitrogen and oxygen atoms in total. The van der Waals surface area contributed by atoms with Gasteiger partial charge in [-0.15, -0.1) is 0 Å². The molecule has 1 heterocycles. The van der Waals surface area contributed by atoms with Crippen LogP contribution in [0.3, 0.4) is 0 Å². The predicted octanol–water partition coefficient (Wildman–Crippen LogP) is 1.56. The molecule has 0 radical (unpaired) electrons. The van der Waals surface area contributed by atoms with Gasteiger partial charge in [0.05, 0.1) is 0 Å². The maximum absolute atomic E-state index is 13.1. The highest BCUT2D eigenvalue weighted by atomic mass is 16.5. The number of ether oxygens (including phenoxy) is 1. The number of nitrogens with one attached hydrogen (secondary N) is 1. The van der Waals surface area contributed by atoms with Crippen molar-refractivity contribution in [2.45, 2.75) is 64.6 Å². The fourth-order valence-corrected chi connectivity index (χ4v) is 3.37. The number of carbonyl (C=O) groups excluding carboxylic acids is 2. The van der Waals surface area contributed by atoms with Crippen molar-refractivity contribution in [1.29, 1.82) is 0 Å². The molecule has 5 heteroatoms. The number of hydrogen-bond acceptors (Lipinski definition) is 3. The van der Waals surface area contributed by atoms with Crippen LogP contribution in [0.4, 0.5) is 0 Å². The number of piperazine rings is 1. The summed E-state index contributed by atoms with van der Waals surface area (Å²) in [6, 6.07) is -0.370. The summed E-state index contributed by atoms with van der Waals surface area (Å²) in [6.07, 6.45) is 2.80. The number of amides is 2. The summed E-state index contributed by atoms with van der Waals surface area (Å²) in [5.74, 6) is 0.456. The average Bonchev–Trinajstić information content (AvgIpc) is 3.23. The summed E-state index contributed by atoms with van der Waals surface area (Å²) in [4.78, 5) is 27.5. The highest BCUT2D eigenvalue weighted by Crippen LogP contribution is 2.43. The van der Waals surface area contributed by atoms with Gasteiger partial charge in [-0.1, -0.05) is 13.8 Å². The van der Waals surface area contributed by atoms with E-state index < -0.39 is 5.54 Å². The number of hydrogen-bond donors (Lipinski definition) is 1. The Bertz CT molecular complexity index is 420. The minimum absolute atomic E-state index is 0.00831. The lowest BCUT2D eigenvalue weighted by molar-refractivity contribution is -0.160. The molecule has 1 aliphatic carbocycles. The lowest BCUT2D eigenvalue weighted by Crippen LogP contribution is -2.72. The van der Waals surface area contributed by atoms with Crippen LogP contribution in [0.25, 0.3) is 0 Å². The van der Waals surface area contributed by atoms with Crippen LogP contribution in [0.2, 0.25) is 0 Å². The summed E-state index contributed by atoms with van der Waals surface area (Å²) in [7, 11) is 1.66. The molecule has 1 N–H and O–H groups in total. The van der Waals surface area contributed by atoms with Gasteiger partial charge in [-0.3, -0.25) is 9.59 Å². The molecular weight excluding hydrogens is 268 g/mol. The Morgan fingerprint density at radius 3 is 2.43 bits per heavy atom. The molecule has 1 saturated carbocycles. The van der Waals surface area contributed by atoms with E-state index in [4.69, 9.17) is 4.74 Å². The zero-order valence-electron chi connectivity index (χ0n) is 13.8. The second-order valence-electron chi connectivity index (χ2n) is 7.00. The zero-order chi connectivity index (χ0) is 15.8. The Kier molecular flexibility index (Phi) is 4.61. The molecule has 2 aliphatic rings. The summed E-state index contributed by atoms with van der Waals surface area (Å²) < 4.78 is 5.13. The largest absolute Gasteiger partial charge is 0.385 e. The maximum Gasteiger partial charge on any atom is 0.249 e. The molecule has 120 valence electrons. The van der Waals surface area contributed by atoms with Gasteiger partial charge in [-0.25, -0.2) is 0 Å². The fraction of sp³-hybridized carbons (Fsp3) is 0.875. The Balaban J connectivity index is 2.28. The van der Waals surface area contributed by atoms with Gasteiger partial charge in [0.25, 0.3) is 0 Å². The van der Waals surface area contributed by atoms with Gasteiger partial charge >= 0.3 is 0 Å². The number of nitrogens with zero attached hydrogens (tertiary/aromatic N) is 1. The smallest absolute Gasteiger partial charge is 0.249 e. The monoisotopic (exact) mass is 296 g/mol. The number of carbonyl (C=O) groups is 2. The molecule has 0 aromatic heterocycles. The van der Waals surface area contributed by atoms with Crippen LogP contribution in [0.5, 0.6) is 0 Å². The van der Waals surface area contributed by atoms with Crippen molar-refractivity contribution >= 4 is 11.8 Å². The van der Waals surface area contributed by atoms with Gasteiger partial charge in [-0.2, -0.15) is 0 Å². The lowest BCUT2D eigenvalue weighted by atomic mass is 9.85. The Morgan fingerprint density at radius 2 is 1.95 bits per heavy atom. The molecule has 2 amide bonds. The van der Waals surface area contributed by atoms with Gasteiger partial charge in [0, 0.05) is 19.8 Å². The third kappa shape index (κ3) is 2.93. The van der Waals surface area contributed by atoms with Crippen LogP contribution >= 0.6 is 0 Å². The third-order valence-electron chi connectivity index (χ3n) is 4.87. The maximum atomic E-state index is 13.1. The molecule has 3 atom stereocenters. The first-order valence-corrected chi connectivity index (χ1v) is 7.96. The molecule has 3 unspecified atom stereocenters. The molecule has 0 spiro atoms. The van der Waals surface area contributed by atoms with Gasteiger partial charge in [0.1, 0.15) is 11.6 Å². The van der Waals surface area contributed by atoms with Crippen molar-refractivity contribution in [1.82, 2.24) is 10.2 Å². The normalized spacial score (nSPS) is 31.5. The Morgan fingerprint density at radius 1 is 1.33 bits per heavy atom. The predicted molar refractivity (Wildman–Crippen MR) is 80.7 cm³/mol. The van der Waals surface area contributed by atoms with Crippen molar-refractivity contribution in [3.8, 4) is 0 Å². The molecule has 0 bridgehead atoms. The van der Waals surface area contributed by atoms with Crippen molar-refractivity contribution in [2.24, 2.45) is 11.8 Å². The van der Waals surface area contributed by atoms with Gasteiger partial charge < -0.3 is 15.0 Å². The first-order valence-electron chi connectivity index (χ1n) is 7.96. The topological polar surface area (TPSA) is 58.6 Å². The van der Waals surface area contributed by atoms with Crippen LogP contribution in [-0.4, -0.2) is 48.1 Å². The minimum Gasteiger partial charge on any atom is -0.385 e. The molecule has 1 saturated heterocycles. The first-order chi connectivity index (χ1) is 9.82. The van der Waals surface area contributed by atoms with Crippen LogP contribution in [-0.2, 0) is 14.3 Å². The summed E-state index contributed by atoms with van der Waals surface area (Å²) in [5.41, 5.74) is -0.718. The quantitative estimate of drug-likeness (QED) is 0.809. The second kappa shape index (κ2) is 5.95. The van der Waals surface area contributed by atoms with E-state index in [1.54, 1.807) is 7.11 Å². The fourth-order valence-electron chi connectivity index (χ4n) is 3.37. The van der Waals surface area contributed by atoms with Crippen LogP contribution in [0.15, 0.2) is 0 Å². The number of methoxy groups -OCH3 is 1. The molecule has 0 aromatic carbocycles. The molecule has 2 fully saturated rings. The Labute approximate surface area is 127 Å². The van der Waals surface area contributed by atoms with E-state index in [2.05, 4.69) is 5.32 Å². The van der Waals surface area contributed by atoms with Crippen molar-refractivity contribution < 1.29 is 14.3 Å². The standard InChI is InChI=1S/C16H28N2O3/c1-10(2)13-14(19)17-16(4,12-6-7-12)15(20)18(13)11(3)8-9-21-5/h10-13H,6-9H2,1-5H3,(H,17,19). The van der Waals surface area contributed by atoms with Crippen LogP contribution in [0.1, 0.15) is 47.0 Å². The first kappa shape index (κ1) is 16.3. The van der Waals surface area contributed by atoms with Gasteiger partial charge in [0.2, 0.25) is 11.8 Å². The highest BCUT2D eigenvalue weighted by Gasteiger charge is 2.56. The van der Waals surface area contributed by atoms with Crippen molar-refractivity contribution in [2.75, 3.05) is 13.7 Å². The van der Waals surface area contributed by atoms with E-state index in [-0.39, 0.29) is 29.8 Å². The van der Waals surface area contributed by atoms with Gasteiger partial charge in [0.15, 0.2) is 0 Å². The van der Waals surface area contributed by atoms with Gasteiger partial charge in [-0.05, 0) is 44.9 Å². The molecule has 2 rings (SSSR count). The van der Waals surface area contributed by atoms with E-state index in [0.717, 1.165) is 19.3 Å². The van der Waals surface area contributed by atoms with E-state index in [1.807, 2.05) is 32.6 Å². The zero-order valence-corrected chi connectivity index (χ0v) is 13.8. The molecule has 21 heavy (non-hydrogen) atoms. The van der Waals surface area contributed by atoms with Crippen LogP contribution in [0, 0.1) is 11.8 Å². The van der Waals surface area contributed by atoms with Crippen molar-refractivity contribution in [3.63, 3.8) is 0 Å². The minimum atomic E-state index is -0.718. The summed E-state index contributed by atoms with van der Waals surface area (Å²) in [6.45, 7) is 8.48.